The molecule has 0 saturated carbocycles. The Hall–Kier alpha value is -0.690. The zero-order chi connectivity index (χ0) is 14.6. The molecule has 0 radical (unpaired) electrons. The number of nitrogens with one attached hydrogen (secondary N) is 1. The molecule has 1 aromatic carbocycles. The van der Waals surface area contributed by atoms with Crippen LogP contribution in [0.25, 0.3) is 0 Å². The molecule has 19 heavy (non-hydrogen) atoms. The molecule has 1 aromatic rings. The zero-order valence-electron chi connectivity index (χ0n) is 10.8. The topological polar surface area (TPSA) is 72.2 Å². The van der Waals surface area contributed by atoms with E-state index in [4.69, 9.17) is 29.6 Å². The maximum atomic E-state index is 12.3. The van der Waals surface area contributed by atoms with E-state index in [2.05, 4.69) is 4.72 Å². The molecule has 0 aliphatic heterocycles. The van der Waals surface area contributed by atoms with Gasteiger partial charge in [0.1, 0.15) is 9.88 Å². The minimum absolute atomic E-state index is 0.00590. The quantitative estimate of drug-likeness (QED) is 0.790. The lowest BCUT2D eigenvalue weighted by Gasteiger charge is -2.16. The Kier molecular flexibility index (Phi) is 5.73. The maximum absolute atomic E-state index is 12.3. The molecular weight excluding hydrogens is 304 g/mol. The molecule has 0 spiro atoms. The van der Waals surface area contributed by atoms with Crippen molar-refractivity contribution in [2.24, 2.45) is 5.73 Å². The van der Waals surface area contributed by atoms with Crippen LogP contribution in [0.4, 0.5) is 0 Å². The van der Waals surface area contributed by atoms with Crippen LogP contribution in [-0.4, -0.2) is 19.4 Å². The number of benzene rings is 1. The highest BCUT2D eigenvalue weighted by Gasteiger charge is 2.21. The molecule has 0 amide bonds. The lowest BCUT2D eigenvalue weighted by atomic mass is 10.2. The number of hydrogen-bond acceptors (Lipinski definition) is 3. The normalized spacial score (nSPS) is 11.8. The van der Waals surface area contributed by atoms with Gasteiger partial charge in [-0.3, -0.25) is 0 Å². The molecule has 4 nitrogen and oxygen atoms in total. The summed E-state index contributed by atoms with van der Waals surface area (Å²) in [5, 5.41) is 0.151. The highest BCUT2D eigenvalue weighted by molar-refractivity contribution is 7.89. The predicted octanol–water partition coefficient (Wildman–Crippen LogP) is 2.44. The van der Waals surface area contributed by atoms with Gasteiger partial charge in [0, 0.05) is 11.6 Å². The summed E-state index contributed by atoms with van der Waals surface area (Å²) in [5.74, 6) is 0. The summed E-state index contributed by atoms with van der Waals surface area (Å²) in [4.78, 5) is 0.141. The average Bonchev–Trinajstić information content (AvgIpc) is 2.35. The standard InChI is InChI=1S/C12H17ClN2O2S2/c1-3-9(4-2)15-19(16,17)11-7-8(12(14)18)5-6-10(11)13/h5-7,9,15H,3-4H2,1-2H3,(H2,14,18). The van der Waals surface area contributed by atoms with Crippen molar-refractivity contribution in [1.82, 2.24) is 4.72 Å². The first-order valence-electron chi connectivity index (χ1n) is 5.93. The van der Waals surface area contributed by atoms with Crippen molar-refractivity contribution < 1.29 is 8.42 Å². The van der Waals surface area contributed by atoms with Crippen LogP contribution in [0, 0.1) is 0 Å². The van der Waals surface area contributed by atoms with Crippen molar-refractivity contribution >= 4 is 38.8 Å². The van der Waals surface area contributed by atoms with E-state index < -0.39 is 10.0 Å². The highest BCUT2D eigenvalue weighted by atomic mass is 35.5. The number of sulfonamides is 1. The Balaban J connectivity index is 3.20. The maximum Gasteiger partial charge on any atom is 0.242 e. The fraction of sp³-hybridized carbons (Fsp3) is 0.417. The van der Waals surface area contributed by atoms with Gasteiger partial charge >= 0.3 is 0 Å². The van der Waals surface area contributed by atoms with Crippen molar-refractivity contribution in [1.29, 1.82) is 0 Å². The summed E-state index contributed by atoms with van der Waals surface area (Å²) in [6.07, 6.45) is 1.42. The number of nitrogens with two attached hydrogens (primary N) is 1. The van der Waals surface area contributed by atoms with Gasteiger partial charge in [0.05, 0.1) is 5.02 Å². The van der Waals surface area contributed by atoms with Gasteiger partial charge in [0.15, 0.2) is 0 Å². The minimum atomic E-state index is -3.67. The third-order valence-electron chi connectivity index (χ3n) is 2.81. The van der Waals surface area contributed by atoms with E-state index in [-0.39, 0.29) is 20.9 Å². The fourth-order valence-electron chi connectivity index (χ4n) is 1.60. The van der Waals surface area contributed by atoms with E-state index >= 15 is 0 Å². The third kappa shape index (κ3) is 4.14. The van der Waals surface area contributed by atoms with Gasteiger partial charge in [0.2, 0.25) is 10.0 Å². The number of halogens is 1. The molecule has 0 heterocycles. The first-order chi connectivity index (χ1) is 8.81. The van der Waals surface area contributed by atoms with Gasteiger partial charge in [-0.2, -0.15) is 0 Å². The largest absolute Gasteiger partial charge is 0.389 e. The van der Waals surface area contributed by atoms with E-state index in [9.17, 15) is 8.42 Å². The number of rotatable bonds is 6. The SMILES string of the molecule is CCC(CC)NS(=O)(=O)c1cc(C(N)=S)ccc1Cl. The van der Waals surface area contributed by atoms with Crippen LogP contribution >= 0.6 is 23.8 Å². The van der Waals surface area contributed by atoms with Crippen LogP contribution in [0.5, 0.6) is 0 Å². The Bertz CT molecular complexity index is 569. The molecule has 0 aromatic heterocycles. The highest BCUT2D eigenvalue weighted by Crippen LogP contribution is 2.23. The van der Waals surface area contributed by atoms with Gasteiger partial charge in [0.25, 0.3) is 0 Å². The van der Waals surface area contributed by atoms with Crippen molar-refractivity contribution in [3.05, 3.63) is 28.8 Å². The molecule has 0 saturated heterocycles. The third-order valence-corrected chi connectivity index (χ3v) is 5.05. The molecule has 0 fully saturated rings. The molecule has 3 N–H and O–H groups in total. The van der Waals surface area contributed by atoms with Crippen molar-refractivity contribution in [2.75, 3.05) is 0 Å². The van der Waals surface area contributed by atoms with Gasteiger partial charge in [-0.05, 0) is 25.0 Å². The monoisotopic (exact) mass is 320 g/mol. The fourth-order valence-corrected chi connectivity index (χ4v) is 3.66. The van der Waals surface area contributed by atoms with E-state index in [1.807, 2.05) is 13.8 Å². The minimum Gasteiger partial charge on any atom is -0.389 e. The van der Waals surface area contributed by atoms with Gasteiger partial charge < -0.3 is 5.73 Å². The first kappa shape index (κ1) is 16.4. The molecule has 1 rings (SSSR count). The number of hydrogen-bond donors (Lipinski definition) is 2. The van der Waals surface area contributed by atoms with Crippen LogP contribution in [0.2, 0.25) is 5.02 Å². The Morgan fingerprint density at radius 1 is 1.42 bits per heavy atom. The molecule has 0 aliphatic carbocycles. The molecule has 0 bridgehead atoms. The second kappa shape index (κ2) is 6.65. The van der Waals surface area contributed by atoms with Crippen LogP contribution in [-0.2, 0) is 10.0 Å². The average molecular weight is 321 g/mol. The van der Waals surface area contributed by atoms with Gasteiger partial charge in [-0.15, -0.1) is 0 Å². The van der Waals surface area contributed by atoms with Gasteiger partial charge in [-0.25, -0.2) is 13.1 Å². The second-order valence-electron chi connectivity index (χ2n) is 4.14. The molecule has 0 unspecified atom stereocenters. The van der Waals surface area contributed by atoms with E-state index in [0.717, 1.165) is 0 Å². The van der Waals surface area contributed by atoms with Crippen LogP contribution in [0.15, 0.2) is 23.1 Å². The molecule has 7 heteroatoms. The van der Waals surface area contributed by atoms with Crippen molar-refractivity contribution in [3.8, 4) is 0 Å². The van der Waals surface area contributed by atoms with Crippen molar-refractivity contribution in [3.63, 3.8) is 0 Å². The number of thiocarbonyl (C=S) groups is 1. The Labute approximate surface area is 124 Å². The van der Waals surface area contributed by atoms with Crippen LogP contribution in [0.1, 0.15) is 32.3 Å². The Morgan fingerprint density at radius 3 is 2.47 bits per heavy atom. The van der Waals surface area contributed by atoms with E-state index in [1.54, 1.807) is 6.07 Å². The summed E-state index contributed by atoms with van der Waals surface area (Å²) in [5.41, 5.74) is 5.98. The molecule has 106 valence electrons. The zero-order valence-corrected chi connectivity index (χ0v) is 13.2. The molecular formula is C12H17ClN2O2S2. The first-order valence-corrected chi connectivity index (χ1v) is 8.20. The van der Waals surface area contributed by atoms with Crippen molar-refractivity contribution in [2.45, 2.75) is 37.6 Å². The summed E-state index contributed by atoms with van der Waals surface area (Å²) in [6, 6.07) is 4.36. The Morgan fingerprint density at radius 2 is 2.00 bits per heavy atom. The predicted molar refractivity (Wildman–Crippen MR) is 82.0 cm³/mol. The summed E-state index contributed by atoms with van der Waals surface area (Å²) < 4.78 is 27.2. The molecule has 0 aliphatic rings. The van der Waals surface area contributed by atoms with E-state index in [0.29, 0.717) is 18.4 Å². The summed E-state index contributed by atoms with van der Waals surface area (Å²) in [6.45, 7) is 3.84. The second-order valence-corrected chi connectivity index (χ2v) is 6.67. The van der Waals surface area contributed by atoms with E-state index in [1.165, 1.54) is 12.1 Å². The lowest BCUT2D eigenvalue weighted by Crippen LogP contribution is -2.34. The summed E-state index contributed by atoms with van der Waals surface area (Å²) >= 11 is 10.8. The lowest BCUT2D eigenvalue weighted by molar-refractivity contribution is 0.530. The van der Waals surface area contributed by atoms with Crippen LogP contribution in [0.3, 0.4) is 0 Å². The van der Waals surface area contributed by atoms with Crippen LogP contribution < -0.4 is 10.5 Å². The van der Waals surface area contributed by atoms with Gasteiger partial charge in [-0.1, -0.05) is 43.7 Å². The molecule has 0 atom stereocenters. The summed E-state index contributed by atoms with van der Waals surface area (Å²) in [7, 11) is -3.67. The smallest absolute Gasteiger partial charge is 0.242 e.